The molecule has 0 aliphatic carbocycles. The molecule has 0 saturated carbocycles. The first-order valence-electron chi connectivity index (χ1n) is 10.1. The van der Waals surface area contributed by atoms with E-state index < -0.39 is 24.4 Å². The Kier molecular flexibility index (Phi) is 13.3. The second kappa shape index (κ2) is 14.7. The Labute approximate surface area is 153 Å². The minimum absolute atomic E-state index is 0.146. The monoisotopic (exact) mass is 358 g/mol. The summed E-state index contributed by atoms with van der Waals surface area (Å²) in [5.41, 5.74) is 0. The van der Waals surface area contributed by atoms with Gasteiger partial charge in [0.2, 0.25) is 0 Å². The minimum Gasteiger partial charge on any atom is -0.394 e. The number of ether oxygens (including phenoxy) is 2. The molecule has 0 bridgehead atoms. The van der Waals surface area contributed by atoms with E-state index in [9.17, 15) is 10.2 Å². The molecular formula is C20H38O5. The first-order chi connectivity index (χ1) is 12.2. The molecule has 1 heterocycles. The van der Waals surface area contributed by atoms with Gasteiger partial charge in [0.15, 0.2) is 0 Å². The van der Waals surface area contributed by atoms with Crippen molar-refractivity contribution in [1.29, 1.82) is 0 Å². The number of aliphatic hydroxyl groups is 3. The molecule has 5 nitrogen and oxygen atoms in total. The van der Waals surface area contributed by atoms with E-state index >= 15 is 0 Å². The zero-order valence-corrected chi connectivity index (χ0v) is 15.8. The van der Waals surface area contributed by atoms with Gasteiger partial charge >= 0.3 is 0 Å². The molecule has 0 aromatic rings. The average molecular weight is 359 g/mol. The van der Waals surface area contributed by atoms with Gasteiger partial charge in [-0.15, -0.1) is 0 Å². The highest BCUT2D eigenvalue weighted by atomic mass is 16.6. The lowest BCUT2D eigenvalue weighted by Crippen LogP contribution is -2.42. The van der Waals surface area contributed by atoms with Crippen molar-refractivity contribution < 1.29 is 24.8 Å². The maximum absolute atomic E-state index is 9.84. The summed E-state index contributed by atoms with van der Waals surface area (Å²) in [5.74, 6) is 0. The van der Waals surface area contributed by atoms with Crippen LogP contribution in [0, 0.1) is 0 Å². The Hall–Kier alpha value is -0.460. The van der Waals surface area contributed by atoms with E-state index in [1.54, 1.807) is 0 Å². The SMILES string of the molecule is CCCCCCCC/C=C/CCCCO[C@H]1[C@@H]([C@@H](O)CO)OC[C@H]1O. The fourth-order valence-electron chi connectivity index (χ4n) is 3.12. The lowest BCUT2D eigenvalue weighted by Gasteiger charge is -2.23. The standard InChI is InChI=1S/C20H38O5/c1-2-3-4-5-6-7-8-9-10-11-12-13-14-24-20-18(23)16-25-19(20)17(22)15-21/h9-10,17-23H,2-8,11-16H2,1H3/b10-9+/t17-,18+,19+,20+/m0/s1. The Morgan fingerprint density at radius 1 is 1.04 bits per heavy atom. The molecule has 1 fully saturated rings. The fraction of sp³-hybridized carbons (Fsp3) is 0.900. The van der Waals surface area contributed by atoms with Crippen LogP contribution in [0.5, 0.6) is 0 Å². The summed E-state index contributed by atoms with van der Waals surface area (Å²) in [6, 6.07) is 0. The molecule has 1 aliphatic heterocycles. The third-order valence-corrected chi connectivity index (χ3v) is 4.70. The van der Waals surface area contributed by atoms with E-state index in [-0.39, 0.29) is 13.2 Å². The molecule has 0 aromatic heterocycles. The van der Waals surface area contributed by atoms with Crippen LogP contribution in [0.2, 0.25) is 0 Å². The zero-order valence-electron chi connectivity index (χ0n) is 15.8. The number of rotatable bonds is 15. The van der Waals surface area contributed by atoms with Crippen LogP contribution in [0.15, 0.2) is 12.2 Å². The molecule has 148 valence electrons. The Morgan fingerprint density at radius 3 is 2.36 bits per heavy atom. The lowest BCUT2D eigenvalue weighted by molar-refractivity contribution is -0.0937. The molecule has 4 atom stereocenters. The number of unbranched alkanes of at least 4 members (excludes halogenated alkanes) is 8. The van der Waals surface area contributed by atoms with Gasteiger partial charge in [0.1, 0.15) is 24.4 Å². The molecule has 0 unspecified atom stereocenters. The van der Waals surface area contributed by atoms with Crippen LogP contribution in [0.25, 0.3) is 0 Å². The van der Waals surface area contributed by atoms with Crippen molar-refractivity contribution in [3.05, 3.63) is 12.2 Å². The molecule has 1 aliphatic rings. The Bertz CT molecular complexity index is 334. The van der Waals surface area contributed by atoms with Gasteiger partial charge in [-0.2, -0.15) is 0 Å². The summed E-state index contributed by atoms with van der Waals surface area (Å²) in [6.45, 7) is 2.54. The number of aliphatic hydroxyl groups excluding tert-OH is 3. The van der Waals surface area contributed by atoms with Gasteiger partial charge in [-0.3, -0.25) is 0 Å². The second-order valence-electron chi connectivity index (χ2n) is 6.97. The van der Waals surface area contributed by atoms with Crippen LogP contribution >= 0.6 is 0 Å². The summed E-state index contributed by atoms with van der Waals surface area (Å²) in [4.78, 5) is 0. The smallest absolute Gasteiger partial charge is 0.114 e. The molecule has 0 aromatic carbocycles. The van der Waals surface area contributed by atoms with Crippen LogP contribution in [0.1, 0.15) is 71.1 Å². The predicted molar refractivity (Wildman–Crippen MR) is 99.6 cm³/mol. The highest BCUT2D eigenvalue weighted by molar-refractivity contribution is 4.89. The zero-order chi connectivity index (χ0) is 18.3. The van der Waals surface area contributed by atoms with E-state index in [1.807, 2.05) is 0 Å². The van der Waals surface area contributed by atoms with Gasteiger partial charge in [-0.05, 0) is 32.1 Å². The van der Waals surface area contributed by atoms with Crippen molar-refractivity contribution in [2.75, 3.05) is 19.8 Å². The molecule has 25 heavy (non-hydrogen) atoms. The molecule has 3 N–H and O–H groups in total. The van der Waals surface area contributed by atoms with Gasteiger partial charge in [-0.1, -0.05) is 51.2 Å². The van der Waals surface area contributed by atoms with Crippen LogP contribution in [-0.2, 0) is 9.47 Å². The number of hydrogen-bond donors (Lipinski definition) is 3. The van der Waals surface area contributed by atoms with E-state index in [0.29, 0.717) is 6.61 Å². The van der Waals surface area contributed by atoms with Crippen LogP contribution in [0.4, 0.5) is 0 Å². The predicted octanol–water partition coefficient (Wildman–Crippen LogP) is 2.96. The van der Waals surface area contributed by atoms with Crippen molar-refractivity contribution in [1.82, 2.24) is 0 Å². The highest BCUT2D eigenvalue weighted by Gasteiger charge is 2.40. The van der Waals surface area contributed by atoms with Crippen molar-refractivity contribution >= 4 is 0 Å². The molecule has 0 spiro atoms. The Balaban J connectivity index is 1.98. The average Bonchev–Trinajstić information content (AvgIpc) is 2.99. The van der Waals surface area contributed by atoms with E-state index in [2.05, 4.69) is 19.1 Å². The molecule has 5 heteroatoms. The van der Waals surface area contributed by atoms with Crippen molar-refractivity contribution in [2.45, 2.75) is 95.5 Å². The Morgan fingerprint density at radius 2 is 1.68 bits per heavy atom. The summed E-state index contributed by atoms with van der Waals surface area (Å²) in [5, 5.41) is 28.5. The topological polar surface area (TPSA) is 79.2 Å². The number of allylic oxidation sites excluding steroid dienone is 2. The second-order valence-corrected chi connectivity index (χ2v) is 6.97. The maximum Gasteiger partial charge on any atom is 0.114 e. The molecule has 1 rings (SSSR count). The van der Waals surface area contributed by atoms with Gasteiger partial charge < -0.3 is 24.8 Å². The van der Waals surface area contributed by atoms with Gasteiger partial charge in [0, 0.05) is 6.61 Å². The van der Waals surface area contributed by atoms with Gasteiger partial charge in [-0.25, -0.2) is 0 Å². The maximum atomic E-state index is 9.84. The largest absolute Gasteiger partial charge is 0.394 e. The first kappa shape index (κ1) is 22.6. The third-order valence-electron chi connectivity index (χ3n) is 4.70. The van der Waals surface area contributed by atoms with E-state index in [0.717, 1.165) is 19.3 Å². The highest BCUT2D eigenvalue weighted by Crippen LogP contribution is 2.21. The quantitative estimate of drug-likeness (QED) is 0.310. The normalized spacial score (nSPS) is 25.0. The number of hydrogen-bond acceptors (Lipinski definition) is 5. The van der Waals surface area contributed by atoms with Gasteiger partial charge in [0.25, 0.3) is 0 Å². The molecule has 1 saturated heterocycles. The van der Waals surface area contributed by atoms with Crippen molar-refractivity contribution in [3.63, 3.8) is 0 Å². The van der Waals surface area contributed by atoms with Crippen LogP contribution < -0.4 is 0 Å². The van der Waals surface area contributed by atoms with Crippen LogP contribution in [-0.4, -0.2) is 59.6 Å². The summed E-state index contributed by atoms with van der Waals surface area (Å²) >= 11 is 0. The minimum atomic E-state index is -1.01. The summed E-state index contributed by atoms with van der Waals surface area (Å²) in [7, 11) is 0. The summed E-state index contributed by atoms with van der Waals surface area (Å²) in [6.07, 6.45) is 13.8. The van der Waals surface area contributed by atoms with E-state index in [4.69, 9.17) is 14.6 Å². The first-order valence-corrected chi connectivity index (χ1v) is 10.1. The fourth-order valence-corrected chi connectivity index (χ4v) is 3.12. The van der Waals surface area contributed by atoms with Crippen molar-refractivity contribution in [2.24, 2.45) is 0 Å². The molecule has 0 radical (unpaired) electrons. The van der Waals surface area contributed by atoms with E-state index in [1.165, 1.54) is 44.9 Å². The van der Waals surface area contributed by atoms with Crippen molar-refractivity contribution in [3.8, 4) is 0 Å². The molecule has 0 amide bonds. The van der Waals surface area contributed by atoms with Crippen LogP contribution in [0.3, 0.4) is 0 Å². The summed E-state index contributed by atoms with van der Waals surface area (Å²) < 4.78 is 11.0. The lowest BCUT2D eigenvalue weighted by atomic mass is 10.1. The third kappa shape index (κ3) is 9.71. The van der Waals surface area contributed by atoms with Gasteiger partial charge in [0.05, 0.1) is 13.2 Å². The molecular weight excluding hydrogens is 320 g/mol.